The summed E-state index contributed by atoms with van der Waals surface area (Å²) in [4.78, 5) is 11.7. The molecule has 5 heteroatoms. The SMILES string of the molecule is Clc1cc(Cl)cc(-c2cnc(Cc3cccnc3)[nH]2)c1. The van der Waals surface area contributed by atoms with Gasteiger partial charge in [-0.05, 0) is 29.8 Å². The van der Waals surface area contributed by atoms with E-state index in [1.165, 1.54) is 0 Å². The molecule has 3 rings (SSSR count). The molecule has 1 aromatic carbocycles. The second kappa shape index (κ2) is 5.65. The molecule has 0 saturated heterocycles. The highest BCUT2D eigenvalue weighted by molar-refractivity contribution is 6.35. The summed E-state index contributed by atoms with van der Waals surface area (Å²) in [6.07, 6.45) is 6.08. The van der Waals surface area contributed by atoms with Crippen LogP contribution in [-0.2, 0) is 6.42 Å². The molecule has 100 valence electrons. The summed E-state index contributed by atoms with van der Waals surface area (Å²) >= 11 is 12.0. The van der Waals surface area contributed by atoms with Crippen LogP contribution in [0.3, 0.4) is 0 Å². The van der Waals surface area contributed by atoms with E-state index in [9.17, 15) is 0 Å². The van der Waals surface area contributed by atoms with Crippen LogP contribution in [-0.4, -0.2) is 15.0 Å². The summed E-state index contributed by atoms with van der Waals surface area (Å²) in [7, 11) is 0. The van der Waals surface area contributed by atoms with Crippen molar-refractivity contribution in [3.05, 3.63) is 70.4 Å². The first-order valence-electron chi connectivity index (χ1n) is 6.10. The monoisotopic (exact) mass is 303 g/mol. The predicted molar refractivity (Wildman–Crippen MR) is 81.1 cm³/mol. The molecule has 0 radical (unpaired) electrons. The lowest BCUT2D eigenvalue weighted by Crippen LogP contribution is -1.91. The molecule has 0 unspecified atom stereocenters. The number of H-pyrrole nitrogens is 1. The Morgan fingerprint density at radius 1 is 1.05 bits per heavy atom. The van der Waals surface area contributed by atoms with Gasteiger partial charge >= 0.3 is 0 Å². The predicted octanol–water partition coefficient (Wildman–Crippen LogP) is 4.37. The summed E-state index contributed by atoms with van der Waals surface area (Å²) in [5.41, 5.74) is 2.93. The van der Waals surface area contributed by atoms with Gasteiger partial charge in [0.25, 0.3) is 0 Å². The average Bonchev–Trinajstić information content (AvgIpc) is 2.87. The second-order valence-electron chi connectivity index (χ2n) is 4.44. The van der Waals surface area contributed by atoms with Crippen molar-refractivity contribution in [3.63, 3.8) is 0 Å². The van der Waals surface area contributed by atoms with Crippen LogP contribution >= 0.6 is 23.2 Å². The molecule has 2 aromatic heterocycles. The topological polar surface area (TPSA) is 41.6 Å². The smallest absolute Gasteiger partial charge is 0.110 e. The number of nitrogens with one attached hydrogen (secondary N) is 1. The summed E-state index contributed by atoms with van der Waals surface area (Å²) in [5.74, 6) is 0.879. The van der Waals surface area contributed by atoms with Crippen LogP contribution in [0.4, 0.5) is 0 Å². The minimum absolute atomic E-state index is 0.607. The Kier molecular flexibility index (Phi) is 3.72. The van der Waals surface area contributed by atoms with Gasteiger partial charge in [0.2, 0.25) is 0 Å². The summed E-state index contributed by atoms with van der Waals surface area (Å²) < 4.78 is 0. The van der Waals surface area contributed by atoms with Crippen molar-refractivity contribution < 1.29 is 0 Å². The molecule has 0 fully saturated rings. The van der Waals surface area contributed by atoms with Crippen molar-refractivity contribution >= 4 is 23.2 Å². The normalized spacial score (nSPS) is 10.7. The largest absolute Gasteiger partial charge is 0.342 e. The van der Waals surface area contributed by atoms with E-state index < -0.39 is 0 Å². The average molecular weight is 304 g/mol. The van der Waals surface area contributed by atoms with Crippen LogP contribution in [0.5, 0.6) is 0 Å². The zero-order valence-corrected chi connectivity index (χ0v) is 12.0. The van der Waals surface area contributed by atoms with E-state index in [2.05, 4.69) is 15.0 Å². The van der Waals surface area contributed by atoms with Gasteiger partial charge in [-0.3, -0.25) is 4.98 Å². The number of hydrogen-bond acceptors (Lipinski definition) is 2. The van der Waals surface area contributed by atoms with Gasteiger partial charge in [-0.2, -0.15) is 0 Å². The number of aromatic nitrogens is 3. The van der Waals surface area contributed by atoms with Gasteiger partial charge in [0.15, 0.2) is 0 Å². The standard InChI is InChI=1S/C15H11Cl2N3/c16-12-5-11(6-13(17)7-12)14-9-19-15(20-14)4-10-2-1-3-18-8-10/h1-3,5-9H,4H2,(H,19,20). The Labute approximate surface area is 126 Å². The molecule has 20 heavy (non-hydrogen) atoms. The maximum Gasteiger partial charge on any atom is 0.110 e. The van der Waals surface area contributed by atoms with Gasteiger partial charge in [0, 0.05) is 34.4 Å². The molecule has 3 nitrogen and oxygen atoms in total. The summed E-state index contributed by atoms with van der Waals surface area (Å²) in [6, 6.07) is 9.35. The van der Waals surface area contributed by atoms with Gasteiger partial charge in [0.05, 0.1) is 11.9 Å². The Morgan fingerprint density at radius 2 is 1.85 bits per heavy atom. The van der Waals surface area contributed by atoms with Gasteiger partial charge < -0.3 is 4.98 Å². The molecule has 0 aliphatic carbocycles. The first-order chi connectivity index (χ1) is 9.70. The van der Waals surface area contributed by atoms with Gasteiger partial charge in [-0.25, -0.2) is 4.98 Å². The highest BCUT2D eigenvalue weighted by atomic mass is 35.5. The van der Waals surface area contributed by atoms with Crippen molar-refractivity contribution in [1.29, 1.82) is 0 Å². The molecule has 0 aliphatic rings. The van der Waals surface area contributed by atoms with Crippen molar-refractivity contribution in [3.8, 4) is 11.3 Å². The fourth-order valence-electron chi connectivity index (χ4n) is 2.00. The molecular formula is C15H11Cl2N3. The maximum atomic E-state index is 6.01. The molecule has 2 heterocycles. The first-order valence-corrected chi connectivity index (χ1v) is 6.85. The number of benzene rings is 1. The highest BCUT2D eigenvalue weighted by Crippen LogP contribution is 2.26. The molecule has 0 bridgehead atoms. The third kappa shape index (κ3) is 3.00. The third-order valence-electron chi connectivity index (χ3n) is 2.90. The summed E-state index contributed by atoms with van der Waals surface area (Å²) in [5, 5.41) is 1.21. The van der Waals surface area contributed by atoms with Crippen LogP contribution in [0.2, 0.25) is 10.0 Å². The summed E-state index contributed by atoms with van der Waals surface area (Å²) in [6.45, 7) is 0. The van der Waals surface area contributed by atoms with Gasteiger partial charge in [-0.15, -0.1) is 0 Å². The third-order valence-corrected chi connectivity index (χ3v) is 3.33. The quantitative estimate of drug-likeness (QED) is 0.780. The van der Waals surface area contributed by atoms with Gasteiger partial charge in [-0.1, -0.05) is 29.3 Å². The molecule has 0 saturated carbocycles. The molecule has 0 amide bonds. The highest BCUT2D eigenvalue weighted by Gasteiger charge is 2.06. The minimum atomic E-state index is 0.607. The Balaban J connectivity index is 1.86. The number of imidazole rings is 1. The van der Waals surface area contributed by atoms with E-state index in [4.69, 9.17) is 23.2 Å². The van der Waals surface area contributed by atoms with Crippen LogP contribution in [0.1, 0.15) is 11.4 Å². The molecule has 0 atom stereocenters. The van der Waals surface area contributed by atoms with Crippen LogP contribution < -0.4 is 0 Å². The van der Waals surface area contributed by atoms with Gasteiger partial charge in [0.1, 0.15) is 5.82 Å². The van der Waals surface area contributed by atoms with Crippen LogP contribution in [0, 0.1) is 0 Å². The lowest BCUT2D eigenvalue weighted by atomic mass is 10.2. The molecule has 0 aliphatic heterocycles. The molecular weight excluding hydrogens is 293 g/mol. The number of hydrogen-bond donors (Lipinski definition) is 1. The molecule has 1 N–H and O–H groups in total. The number of aromatic amines is 1. The zero-order chi connectivity index (χ0) is 13.9. The van der Waals surface area contributed by atoms with E-state index >= 15 is 0 Å². The van der Waals surface area contributed by atoms with E-state index in [0.717, 1.165) is 22.6 Å². The van der Waals surface area contributed by atoms with E-state index in [0.29, 0.717) is 16.5 Å². The number of rotatable bonds is 3. The van der Waals surface area contributed by atoms with E-state index in [1.54, 1.807) is 18.5 Å². The number of nitrogens with zero attached hydrogens (tertiary/aromatic N) is 2. The zero-order valence-electron chi connectivity index (χ0n) is 10.5. The first kappa shape index (κ1) is 13.2. The van der Waals surface area contributed by atoms with E-state index in [-0.39, 0.29) is 0 Å². The Hall–Kier alpha value is -1.84. The van der Waals surface area contributed by atoms with E-state index in [1.807, 2.05) is 30.5 Å². The fraction of sp³-hybridized carbons (Fsp3) is 0.0667. The maximum absolute atomic E-state index is 6.01. The number of pyridine rings is 1. The molecule has 3 aromatic rings. The van der Waals surface area contributed by atoms with Crippen molar-refractivity contribution in [1.82, 2.24) is 15.0 Å². The molecule has 0 spiro atoms. The Morgan fingerprint density at radius 3 is 2.55 bits per heavy atom. The minimum Gasteiger partial charge on any atom is -0.342 e. The Bertz CT molecular complexity index is 703. The van der Waals surface area contributed by atoms with Crippen molar-refractivity contribution in [2.24, 2.45) is 0 Å². The lowest BCUT2D eigenvalue weighted by molar-refractivity contribution is 1.01. The van der Waals surface area contributed by atoms with Crippen molar-refractivity contribution in [2.75, 3.05) is 0 Å². The number of halogens is 2. The fourth-order valence-corrected chi connectivity index (χ4v) is 2.53. The van der Waals surface area contributed by atoms with Crippen LogP contribution in [0.15, 0.2) is 48.9 Å². The second-order valence-corrected chi connectivity index (χ2v) is 5.31. The van der Waals surface area contributed by atoms with Crippen LogP contribution in [0.25, 0.3) is 11.3 Å². The lowest BCUT2D eigenvalue weighted by Gasteiger charge is -2.00. The van der Waals surface area contributed by atoms with Crippen molar-refractivity contribution in [2.45, 2.75) is 6.42 Å².